The summed E-state index contributed by atoms with van der Waals surface area (Å²) in [5.74, 6) is -2.16. The van der Waals surface area contributed by atoms with Crippen LogP contribution in [0.3, 0.4) is 0 Å². The molecule has 0 saturated carbocycles. The van der Waals surface area contributed by atoms with Crippen molar-refractivity contribution in [2.24, 2.45) is 5.92 Å². The largest absolute Gasteiger partial charge is 0.453 e. The number of methoxy groups -OCH3 is 1. The van der Waals surface area contributed by atoms with Gasteiger partial charge in [-0.15, -0.1) is 0 Å². The molecule has 8 nitrogen and oxygen atoms in total. The second-order valence-electron chi connectivity index (χ2n) is 6.01. The zero-order chi connectivity index (χ0) is 19.7. The molecular weight excluding hydrogens is 340 g/mol. The normalized spacial score (nSPS) is 12.7. The van der Waals surface area contributed by atoms with Crippen molar-refractivity contribution in [1.29, 1.82) is 0 Å². The number of alkyl carbamates (subject to hydrolysis) is 1. The third kappa shape index (κ3) is 6.92. The van der Waals surface area contributed by atoms with Crippen LogP contribution >= 0.6 is 0 Å². The highest BCUT2D eigenvalue weighted by Crippen LogP contribution is 2.08. The fourth-order valence-corrected chi connectivity index (χ4v) is 2.06. The summed E-state index contributed by atoms with van der Waals surface area (Å²) in [6.45, 7) is 4.81. The smallest absolute Gasteiger partial charge is 0.413 e. The summed E-state index contributed by atoms with van der Waals surface area (Å²) in [6.07, 6.45) is -2.04. The van der Waals surface area contributed by atoms with Gasteiger partial charge in [0, 0.05) is 0 Å². The summed E-state index contributed by atoms with van der Waals surface area (Å²) in [5, 5.41) is 4.54. The molecule has 3 amide bonds. The maximum atomic E-state index is 12.3. The van der Waals surface area contributed by atoms with Gasteiger partial charge in [-0.3, -0.25) is 14.9 Å². The molecule has 0 heterocycles. The summed E-state index contributed by atoms with van der Waals surface area (Å²) >= 11 is 0. The molecule has 0 fully saturated rings. The third-order valence-electron chi connectivity index (χ3n) is 3.52. The Hall–Kier alpha value is -2.90. The first-order valence-electron chi connectivity index (χ1n) is 8.17. The van der Waals surface area contributed by atoms with Gasteiger partial charge in [-0.25, -0.2) is 9.59 Å². The van der Waals surface area contributed by atoms with E-state index in [2.05, 4.69) is 10.1 Å². The van der Waals surface area contributed by atoms with Gasteiger partial charge >= 0.3 is 12.1 Å². The molecule has 0 radical (unpaired) electrons. The van der Waals surface area contributed by atoms with Gasteiger partial charge in [-0.05, 0) is 18.4 Å². The number of imide groups is 1. The van der Waals surface area contributed by atoms with Crippen LogP contribution in [0.5, 0.6) is 0 Å². The molecule has 0 spiro atoms. The predicted molar refractivity (Wildman–Crippen MR) is 93.0 cm³/mol. The maximum Gasteiger partial charge on any atom is 0.413 e. The van der Waals surface area contributed by atoms with Crippen LogP contribution < -0.4 is 10.6 Å². The molecule has 0 aliphatic carbocycles. The number of nitrogens with one attached hydrogen (secondary N) is 2. The van der Waals surface area contributed by atoms with Crippen molar-refractivity contribution < 1.29 is 28.7 Å². The number of ether oxygens (including phenoxy) is 2. The van der Waals surface area contributed by atoms with E-state index >= 15 is 0 Å². The molecule has 0 aromatic heterocycles. The van der Waals surface area contributed by atoms with Crippen LogP contribution in [-0.4, -0.2) is 43.1 Å². The zero-order valence-electron chi connectivity index (χ0n) is 15.3. The molecule has 1 aromatic carbocycles. The first kappa shape index (κ1) is 21.1. The van der Waals surface area contributed by atoms with Gasteiger partial charge < -0.3 is 14.8 Å². The maximum absolute atomic E-state index is 12.3. The van der Waals surface area contributed by atoms with Crippen molar-refractivity contribution in [2.75, 3.05) is 7.11 Å². The molecule has 0 aliphatic heterocycles. The molecule has 2 atom stereocenters. The molecule has 1 aromatic rings. The Balaban J connectivity index is 2.64. The zero-order valence-corrected chi connectivity index (χ0v) is 15.3. The summed E-state index contributed by atoms with van der Waals surface area (Å²) in [5.41, 5.74) is 0.812. The van der Waals surface area contributed by atoms with Crippen molar-refractivity contribution in [3.63, 3.8) is 0 Å². The molecule has 2 N–H and O–H groups in total. The minimum Gasteiger partial charge on any atom is -0.453 e. The Morgan fingerprint density at radius 2 is 1.65 bits per heavy atom. The van der Waals surface area contributed by atoms with Crippen LogP contribution in [0.25, 0.3) is 0 Å². The van der Waals surface area contributed by atoms with Gasteiger partial charge in [0.2, 0.25) is 5.91 Å². The van der Waals surface area contributed by atoms with E-state index in [1.807, 2.05) is 35.6 Å². The molecule has 1 rings (SSSR count). The monoisotopic (exact) mass is 364 g/mol. The molecular formula is C18H24N2O6. The van der Waals surface area contributed by atoms with E-state index in [0.29, 0.717) is 0 Å². The lowest BCUT2D eigenvalue weighted by Gasteiger charge is -2.22. The highest BCUT2D eigenvalue weighted by atomic mass is 16.6. The highest BCUT2D eigenvalue weighted by Gasteiger charge is 2.29. The number of amides is 3. The van der Waals surface area contributed by atoms with Crippen LogP contribution in [0.2, 0.25) is 0 Å². The second-order valence-corrected chi connectivity index (χ2v) is 6.01. The topological polar surface area (TPSA) is 111 Å². The van der Waals surface area contributed by atoms with Crippen LogP contribution in [0, 0.1) is 5.92 Å². The van der Waals surface area contributed by atoms with E-state index in [-0.39, 0.29) is 18.2 Å². The van der Waals surface area contributed by atoms with E-state index in [4.69, 9.17) is 4.74 Å². The number of benzene rings is 1. The minimum atomic E-state index is -1.21. The first-order valence-corrected chi connectivity index (χ1v) is 8.17. The van der Waals surface area contributed by atoms with E-state index in [1.54, 1.807) is 13.8 Å². The number of hydrogen-bond donors (Lipinski definition) is 2. The van der Waals surface area contributed by atoms with Crippen LogP contribution in [-0.2, 0) is 30.3 Å². The molecule has 0 aliphatic rings. The van der Waals surface area contributed by atoms with Crippen molar-refractivity contribution in [2.45, 2.75) is 39.3 Å². The van der Waals surface area contributed by atoms with E-state index in [1.165, 1.54) is 6.92 Å². The second kappa shape index (κ2) is 10.2. The minimum absolute atomic E-state index is 0.121. The Morgan fingerprint density at radius 1 is 1.04 bits per heavy atom. The lowest BCUT2D eigenvalue weighted by atomic mass is 10.0. The third-order valence-corrected chi connectivity index (χ3v) is 3.52. The molecule has 142 valence electrons. The van der Waals surface area contributed by atoms with Crippen LogP contribution in [0.4, 0.5) is 4.79 Å². The number of hydrogen-bond acceptors (Lipinski definition) is 6. The quantitative estimate of drug-likeness (QED) is 0.703. The van der Waals surface area contributed by atoms with E-state index in [0.717, 1.165) is 12.7 Å². The number of rotatable bonds is 7. The standard InChI is InChI=1S/C18H24N2O6/c1-11(2)15(19-14(21)10-13-8-6-5-7-9-13)17(23)26-12(3)16(22)20-18(24)25-4/h5-9,11-12,15H,10H2,1-4H3,(H,19,21)(H,20,22,24)/t12-,15+/m1/s1. The van der Waals surface area contributed by atoms with Gasteiger partial charge in [0.1, 0.15) is 6.04 Å². The van der Waals surface area contributed by atoms with Gasteiger partial charge in [0.25, 0.3) is 5.91 Å². The highest BCUT2D eigenvalue weighted by molar-refractivity contribution is 5.95. The number of esters is 1. The molecule has 0 saturated heterocycles. The van der Waals surface area contributed by atoms with Crippen LogP contribution in [0.15, 0.2) is 30.3 Å². The van der Waals surface area contributed by atoms with Crippen molar-refractivity contribution in [1.82, 2.24) is 10.6 Å². The van der Waals surface area contributed by atoms with Crippen LogP contribution in [0.1, 0.15) is 26.3 Å². The Morgan fingerprint density at radius 3 is 2.19 bits per heavy atom. The molecule has 0 bridgehead atoms. The Kier molecular flexibility index (Phi) is 8.27. The van der Waals surface area contributed by atoms with Gasteiger partial charge in [-0.2, -0.15) is 0 Å². The summed E-state index contributed by atoms with van der Waals surface area (Å²) in [4.78, 5) is 47.2. The van der Waals surface area contributed by atoms with Crippen molar-refractivity contribution in [3.8, 4) is 0 Å². The first-order chi connectivity index (χ1) is 12.2. The van der Waals surface area contributed by atoms with Crippen molar-refractivity contribution >= 4 is 23.9 Å². The predicted octanol–water partition coefficient (Wildman–Crippen LogP) is 1.18. The average Bonchev–Trinajstić information content (AvgIpc) is 2.59. The number of carbonyl (C=O) groups excluding carboxylic acids is 4. The lowest BCUT2D eigenvalue weighted by molar-refractivity contribution is -0.158. The van der Waals surface area contributed by atoms with E-state index in [9.17, 15) is 19.2 Å². The Labute approximate surface area is 152 Å². The van der Waals surface area contributed by atoms with Gasteiger partial charge in [-0.1, -0.05) is 44.2 Å². The summed E-state index contributed by atoms with van der Waals surface area (Å²) in [7, 11) is 1.11. The average molecular weight is 364 g/mol. The molecule has 26 heavy (non-hydrogen) atoms. The van der Waals surface area contributed by atoms with Gasteiger partial charge in [0.05, 0.1) is 13.5 Å². The van der Waals surface area contributed by atoms with E-state index < -0.39 is 30.1 Å². The summed E-state index contributed by atoms with van der Waals surface area (Å²) in [6, 6.07) is 8.18. The SMILES string of the molecule is COC(=O)NC(=O)[C@@H](C)OC(=O)[C@@H](NC(=O)Cc1ccccc1)C(C)C. The molecule has 0 unspecified atom stereocenters. The molecule has 8 heteroatoms. The fourth-order valence-electron chi connectivity index (χ4n) is 2.06. The fraction of sp³-hybridized carbons (Fsp3) is 0.444. The lowest BCUT2D eigenvalue weighted by Crippen LogP contribution is -2.48. The number of carbonyl (C=O) groups is 4. The van der Waals surface area contributed by atoms with Gasteiger partial charge in [0.15, 0.2) is 6.10 Å². The Bertz CT molecular complexity index is 644. The van der Waals surface area contributed by atoms with Crippen molar-refractivity contribution in [3.05, 3.63) is 35.9 Å². The summed E-state index contributed by atoms with van der Waals surface area (Å²) < 4.78 is 9.36.